The summed E-state index contributed by atoms with van der Waals surface area (Å²) in [4.78, 5) is 0. The minimum absolute atomic E-state index is 0.0833. The Morgan fingerprint density at radius 1 is 0.696 bits per heavy atom. The maximum atomic E-state index is 5.44. The molecule has 0 bridgehead atoms. The van der Waals surface area contributed by atoms with Crippen molar-refractivity contribution in [2.75, 3.05) is 0 Å². The van der Waals surface area contributed by atoms with E-state index < -0.39 is 15.1 Å². The fourth-order valence-corrected chi connectivity index (χ4v) is 0. The Hall–Kier alpha value is 5.52. The van der Waals surface area contributed by atoms with Crippen molar-refractivity contribution in [3.63, 3.8) is 0 Å². The molecular formula is H21B10P4S9. The first-order chi connectivity index (χ1) is 15.4. The third-order valence-corrected chi connectivity index (χ3v) is 0.516. The zero-order valence-corrected chi connectivity index (χ0v) is 23.8. The predicted molar refractivity (Wildman–Crippen MR) is 183 cm³/mol. The van der Waals surface area contributed by atoms with Crippen LogP contribution < -0.4 is 0 Å². The lowest BCUT2D eigenvalue weighted by atomic mass is 9.79. The summed E-state index contributed by atoms with van der Waals surface area (Å²) in [6.07, 6.45) is 0. The molecule has 0 fully saturated rings. The second-order valence-electron chi connectivity index (χ2n) is 1.21. The Labute approximate surface area is 236 Å². The molecule has 0 aromatic rings. The summed E-state index contributed by atoms with van der Waals surface area (Å²) in [5.74, 6) is 0. The fraction of sp³-hybridized carbons (Fsp3) is 0. The van der Waals surface area contributed by atoms with Crippen LogP contribution in [0.5, 0.6) is 0 Å². The molecule has 0 aliphatic carbocycles. The van der Waals surface area contributed by atoms with Crippen LogP contribution in [-0.4, -0.2) is 85.3 Å². The molecule has 23 heavy (non-hydrogen) atoms. The van der Waals surface area contributed by atoms with Gasteiger partial charge in [0.15, 0.2) is 0 Å². The SMILES string of the molecule is [2H]S.[2H]S.[2H]S.[2H]S.[2H]S.[2H]S.[2H]S.[2H]S.[2H]S.[B]P.[B]P([B])[B].[B]P[B].[B][B]P([B])[B]. The van der Waals surface area contributed by atoms with Crippen LogP contribution in [0.1, 0.15) is 0 Å². The Kier molecular flexibility index (Phi) is 165. The molecule has 0 N–H and O–H groups in total. The number of rotatable bonds is 1. The van der Waals surface area contributed by atoms with Crippen LogP contribution in [0.4, 0.5) is 0 Å². The summed E-state index contributed by atoms with van der Waals surface area (Å²) < 4.78 is 49.0. The van der Waals surface area contributed by atoms with Crippen molar-refractivity contribution < 1.29 is 0 Å². The Balaban J connectivity index is -0.0000000114. The lowest BCUT2D eigenvalue weighted by Crippen LogP contribution is -1.83. The molecule has 0 aromatic heterocycles. The molecule has 1 unspecified atom stereocenters. The average Bonchev–Trinajstić information content (AvgIpc) is 2.91. The Bertz CT molecular complexity index is 103. The van der Waals surface area contributed by atoms with Gasteiger partial charge in [-0.15, -0.1) is 0 Å². The van der Waals surface area contributed by atoms with E-state index in [0.29, 0.717) is 0 Å². The molecule has 0 nitrogen and oxygen atoms in total. The molecule has 0 aromatic carbocycles. The summed E-state index contributed by atoms with van der Waals surface area (Å²) in [7, 11) is 42.6. The maximum absolute atomic E-state index is 5.44. The van der Waals surface area contributed by atoms with Gasteiger partial charge in [0.2, 0.25) is 0 Å². The number of hydrogen-bond donors (Lipinski definition) is 0. The van der Waals surface area contributed by atoms with E-state index in [-0.39, 0.29) is 8.34 Å². The van der Waals surface area contributed by atoms with Gasteiger partial charge in [-0.25, -0.2) is 23.5 Å². The molecule has 1 atom stereocenters. The third kappa shape index (κ3) is 317. The molecule has 0 heterocycles. The lowest BCUT2D eigenvalue weighted by molar-refractivity contribution is 4.29. The molecule has 0 spiro atoms. The van der Waals surface area contributed by atoms with Gasteiger partial charge in [0.25, 0.3) is 0 Å². The zero-order chi connectivity index (χ0) is 30.6. The topological polar surface area (TPSA) is 0 Å². The fourth-order valence-electron chi connectivity index (χ4n) is 0. The molecule has 0 aliphatic rings. The normalized spacial score (nSPS) is 6.87. The van der Waals surface area contributed by atoms with E-state index in [0.717, 1.165) is 0 Å². The largest absolute Gasteiger partial charge is 0.247 e. The second kappa shape index (κ2) is 106. The highest BCUT2D eigenvalue weighted by Gasteiger charge is 1.79. The van der Waals surface area contributed by atoms with Crippen LogP contribution >= 0.6 is 153 Å². The van der Waals surface area contributed by atoms with Crippen molar-refractivity contribution in [1.29, 1.82) is 10.1 Å². The van der Waals surface area contributed by atoms with Gasteiger partial charge in [0.05, 0.1) is 77.5 Å². The highest BCUT2D eigenvalue weighted by Crippen LogP contribution is 2.13. The molecule has 0 saturated carbocycles. The minimum atomic E-state index is -1.12. The Morgan fingerprint density at radius 3 is 0.739 bits per heavy atom. The lowest BCUT2D eigenvalue weighted by Gasteiger charge is -1.92. The summed E-state index contributed by atoms with van der Waals surface area (Å²) in [6.45, 7) is 1.29. The van der Waals surface area contributed by atoms with Gasteiger partial charge in [-0.3, -0.25) is 0 Å². The van der Waals surface area contributed by atoms with E-state index in [4.69, 9.17) is 55.7 Å². The van der Waals surface area contributed by atoms with Crippen molar-refractivity contribution in [3.05, 3.63) is 0 Å². The highest BCUT2D eigenvalue weighted by atomic mass is 32.1. The molecule has 0 aliphatic heterocycles. The highest BCUT2D eigenvalue weighted by molar-refractivity contribution is 8.22. The molecule has 125 valence electrons. The van der Waals surface area contributed by atoms with E-state index in [1.165, 1.54) is 6.89 Å². The van der Waals surface area contributed by atoms with Crippen molar-refractivity contribution in [2.45, 2.75) is 0 Å². The van der Waals surface area contributed by atoms with Crippen LogP contribution in [0.15, 0.2) is 0 Å². The van der Waals surface area contributed by atoms with Gasteiger partial charge >= 0.3 is 0 Å². The van der Waals surface area contributed by atoms with E-state index in [2.05, 4.69) is 143 Å². The van der Waals surface area contributed by atoms with Crippen molar-refractivity contribution in [3.8, 4) is 0 Å². The van der Waals surface area contributed by atoms with E-state index >= 15 is 0 Å². The molecular weight excluding hydrogens is 521 g/mol. The van der Waals surface area contributed by atoms with E-state index in [1.54, 1.807) is 0 Å². The van der Waals surface area contributed by atoms with Crippen LogP contribution in [0.25, 0.3) is 0 Å². The third-order valence-electron chi connectivity index (χ3n) is 0.172. The van der Waals surface area contributed by atoms with Crippen LogP contribution in [0.2, 0.25) is 0 Å². The van der Waals surface area contributed by atoms with Gasteiger partial charge in [-0.1, -0.05) is 0 Å². The standard InChI is InChI=1S/B4P.B3P.B2HP.BH2P.9H2S/c1-4-5(2)3;1-4(2)3;1-3-2;1-2;;;;;;;;;/h;;3H;2H2;9*1H2/i/hD9. The average molecular weight is 551 g/mol. The number of hydrogen-bond acceptors (Lipinski definition) is 0. The van der Waals surface area contributed by atoms with Crippen LogP contribution in [-0.2, 0) is 0 Å². The van der Waals surface area contributed by atoms with Gasteiger partial charge in [0, 0.05) is 7.74 Å². The first kappa shape index (κ1) is 35.9. The van der Waals surface area contributed by atoms with Crippen molar-refractivity contribution in [2.24, 2.45) is 0 Å². The monoisotopic (exact) mass is 552 g/mol. The summed E-state index contributed by atoms with van der Waals surface area (Å²) in [5.41, 5.74) is 0. The van der Waals surface area contributed by atoms with Crippen molar-refractivity contribution >= 4 is 228 Å². The van der Waals surface area contributed by atoms with E-state index in [1.807, 2.05) is 9.12 Å². The smallest absolute Gasteiger partial charge is 0.0996 e. The second-order valence-corrected chi connectivity index (χ2v) is 3.63. The van der Waals surface area contributed by atoms with Gasteiger partial charge in [-0.2, -0.15) is 130 Å². The first-order valence-electron chi connectivity index (χ1n) is 6.82. The molecule has 19 radical (unpaired) electrons. The molecule has 23 heteroatoms. The van der Waals surface area contributed by atoms with Gasteiger partial charge in [-0.05, 0) is 0 Å². The maximum Gasteiger partial charge on any atom is 0.0996 e. The summed E-state index contributed by atoms with van der Waals surface area (Å²) in [5, 5.41) is 0. The van der Waals surface area contributed by atoms with Gasteiger partial charge in [0.1, 0.15) is 0 Å². The Morgan fingerprint density at radius 2 is 0.739 bits per heavy atom. The van der Waals surface area contributed by atoms with E-state index in [9.17, 15) is 0 Å². The van der Waals surface area contributed by atoms with Crippen LogP contribution in [0.3, 0.4) is 0 Å². The predicted octanol–water partition coefficient (Wildman–Crippen LogP) is -0.151. The minimum Gasteiger partial charge on any atom is -0.247 e. The van der Waals surface area contributed by atoms with Gasteiger partial charge < -0.3 is 0 Å². The summed E-state index contributed by atoms with van der Waals surface area (Å²) in [6, 6.07) is 0. The molecule has 0 amide bonds. The quantitative estimate of drug-likeness (QED) is 0.315. The first-order valence-corrected chi connectivity index (χ1v) is 7.71. The van der Waals surface area contributed by atoms with Crippen LogP contribution in [0, 0.1) is 0 Å². The summed E-state index contributed by atoms with van der Waals surface area (Å²) >= 11 is 25.0. The molecule has 0 saturated heterocycles. The zero-order valence-electron chi connectivity index (χ0n) is 20.8. The van der Waals surface area contributed by atoms with Crippen molar-refractivity contribution in [1.82, 2.24) is 0 Å². The molecule has 0 rings (SSSR count).